The summed E-state index contributed by atoms with van der Waals surface area (Å²) in [6.07, 6.45) is 4.70. The summed E-state index contributed by atoms with van der Waals surface area (Å²) in [6, 6.07) is 6.06. The van der Waals surface area contributed by atoms with Crippen LogP contribution in [-0.4, -0.2) is 55.6 Å². The molecule has 0 atom stereocenters. The van der Waals surface area contributed by atoms with E-state index in [-0.39, 0.29) is 30.7 Å². The number of hydrogen-bond donors (Lipinski definition) is 1. The lowest BCUT2D eigenvalue weighted by Gasteiger charge is -2.35. The molecule has 24 heavy (non-hydrogen) atoms. The van der Waals surface area contributed by atoms with Gasteiger partial charge in [0, 0.05) is 45.3 Å². The van der Waals surface area contributed by atoms with Crippen molar-refractivity contribution in [2.75, 3.05) is 44.7 Å². The second-order valence-electron chi connectivity index (χ2n) is 5.90. The fourth-order valence-electron chi connectivity index (χ4n) is 2.99. The van der Waals surface area contributed by atoms with Crippen LogP contribution in [0, 0.1) is 5.92 Å². The molecule has 0 unspecified atom stereocenters. The van der Waals surface area contributed by atoms with Gasteiger partial charge in [0.15, 0.2) is 0 Å². The molecular formula is C17H30Cl2N4O. The Kier molecular flexibility index (Phi) is 11.8. The number of nitrogens with zero attached hydrogens (tertiary/aromatic N) is 3. The zero-order valence-corrected chi connectivity index (χ0v) is 16.2. The SMILES string of the molecule is CCN(CC1CCN(c2ccccn2)CC1)C(=O)CCNC.Cl.Cl. The number of piperidine rings is 1. The number of halogens is 2. The van der Waals surface area contributed by atoms with Crippen LogP contribution >= 0.6 is 24.8 Å². The van der Waals surface area contributed by atoms with Gasteiger partial charge >= 0.3 is 0 Å². The van der Waals surface area contributed by atoms with Crippen molar-refractivity contribution < 1.29 is 4.79 Å². The minimum atomic E-state index is 0. The van der Waals surface area contributed by atoms with Crippen LogP contribution in [0.5, 0.6) is 0 Å². The van der Waals surface area contributed by atoms with E-state index in [1.165, 1.54) is 0 Å². The van der Waals surface area contributed by atoms with Gasteiger partial charge in [0.2, 0.25) is 5.91 Å². The van der Waals surface area contributed by atoms with Crippen LogP contribution in [0.4, 0.5) is 5.82 Å². The molecule has 1 saturated heterocycles. The molecule has 0 bridgehead atoms. The molecule has 0 spiro atoms. The summed E-state index contributed by atoms with van der Waals surface area (Å²) in [4.78, 5) is 20.9. The summed E-state index contributed by atoms with van der Waals surface area (Å²) >= 11 is 0. The predicted molar refractivity (Wildman–Crippen MR) is 104 cm³/mol. The van der Waals surface area contributed by atoms with E-state index in [1.54, 1.807) is 0 Å². The molecule has 1 N–H and O–H groups in total. The molecule has 0 aliphatic carbocycles. The number of amides is 1. The predicted octanol–water partition coefficient (Wildman–Crippen LogP) is 2.60. The van der Waals surface area contributed by atoms with Gasteiger partial charge in [-0.3, -0.25) is 4.79 Å². The Morgan fingerprint density at radius 1 is 1.33 bits per heavy atom. The fraction of sp³-hybridized carbons (Fsp3) is 0.647. The van der Waals surface area contributed by atoms with Crippen molar-refractivity contribution >= 4 is 36.5 Å². The molecule has 0 saturated carbocycles. The Morgan fingerprint density at radius 2 is 2.04 bits per heavy atom. The molecule has 7 heteroatoms. The average Bonchev–Trinajstić information content (AvgIpc) is 2.59. The van der Waals surface area contributed by atoms with Gasteiger partial charge in [-0.05, 0) is 44.9 Å². The largest absolute Gasteiger partial charge is 0.357 e. The van der Waals surface area contributed by atoms with E-state index in [2.05, 4.69) is 28.2 Å². The van der Waals surface area contributed by atoms with Gasteiger partial charge in [-0.25, -0.2) is 4.98 Å². The maximum absolute atomic E-state index is 12.2. The average molecular weight is 377 g/mol. The summed E-state index contributed by atoms with van der Waals surface area (Å²) in [5.41, 5.74) is 0. The standard InChI is InChI=1S/C17H28N4O.2ClH/c1-3-20(17(22)7-11-18-2)14-15-8-12-21(13-9-15)16-6-4-5-10-19-16;;/h4-6,10,15,18H,3,7-9,11-14H2,1-2H3;2*1H. The van der Waals surface area contributed by atoms with Crippen molar-refractivity contribution in [1.82, 2.24) is 15.2 Å². The van der Waals surface area contributed by atoms with Crippen molar-refractivity contribution in [3.63, 3.8) is 0 Å². The van der Waals surface area contributed by atoms with Gasteiger partial charge in [0.1, 0.15) is 5.82 Å². The second-order valence-corrected chi connectivity index (χ2v) is 5.90. The number of nitrogens with one attached hydrogen (secondary N) is 1. The number of aromatic nitrogens is 1. The number of anilines is 1. The van der Waals surface area contributed by atoms with Gasteiger partial charge < -0.3 is 15.1 Å². The molecule has 1 amide bonds. The third-order valence-corrected chi connectivity index (χ3v) is 4.39. The monoisotopic (exact) mass is 376 g/mol. The highest BCUT2D eigenvalue weighted by molar-refractivity contribution is 5.85. The third-order valence-electron chi connectivity index (χ3n) is 4.39. The molecule has 2 rings (SSSR count). The van der Waals surface area contributed by atoms with E-state index < -0.39 is 0 Å². The maximum atomic E-state index is 12.2. The van der Waals surface area contributed by atoms with Crippen molar-refractivity contribution in [3.8, 4) is 0 Å². The number of pyridine rings is 1. The lowest BCUT2D eigenvalue weighted by atomic mass is 9.96. The van der Waals surface area contributed by atoms with Gasteiger partial charge in [-0.1, -0.05) is 6.07 Å². The molecule has 1 fully saturated rings. The third kappa shape index (κ3) is 6.83. The Morgan fingerprint density at radius 3 is 2.58 bits per heavy atom. The summed E-state index contributed by atoms with van der Waals surface area (Å²) in [5, 5.41) is 3.04. The normalized spacial score (nSPS) is 14.5. The zero-order chi connectivity index (χ0) is 15.8. The van der Waals surface area contributed by atoms with Gasteiger partial charge in [0.25, 0.3) is 0 Å². The zero-order valence-electron chi connectivity index (χ0n) is 14.6. The fourth-order valence-corrected chi connectivity index (χ4v) is 2.99. The smallest absolute Gasteiger partial charge is 0.223 e. The summed E-state index contributed by atoms with van der Waals surface area (Å²) in [6.45, 7) is 6.60. The molecule has 1 aliphatic heterocycles. The van der Waals surface area contributed by atoms with E-state index in [0.717, 1.165) is 51.4 Å². The van der Waals surface area contributed by atoms with Crippen LogP contribution in [0.15, 0.2) is 24.4 Å². The Balaban J connectivity index is 0.00000264. The molecule has 1 aliphatic rings. The molecule has 138 valence electrons. The van der Waals surface area contributed by atoms with Crippen LogP contribution in [0.1, 0.15) is 26.2 Å². The maximum Gasteiger partial charge on any atom is 0.223 e. The first kappa shape index (κ1) is 23.0. The Hall–Kier alpha value is -1.04. The summed E-state index contributed by atoms with van der Waals surface area (Å²) in [5.74, 6) is 1.95. The van der Waals surface area contributed by atoms with Crippen molar-refractivity contribution in [2.45, 2.75) is 26.2 Å². The molecule has 5 nitrogen and oxygen atoms in total. The molecule has 0 aromatic carbocycles. The number of hydrogen-bond acceptors (Lipinski definition) is 4. The molecule has 1 aromatic rings. The van der Waals surface area contributed by atoms with E-state index in [9.17, 15) is 4.79 Å². The van der Waals surface area contributed by atoms with E-state index in [4.69, 9.17) is 0 Å². The lowest BCUT2D eigenvalue weighted by molar-refractivity contribution is -0.131. The van der Waals surface area contributed by atoms with Crippen molar-refractivity contribution in [1.29, 1.82) is 0 Å². The van der Waals surface area contributed by atoms with Crippen LogP contribution in [0.3, 0.4) is 0 Å². The quantitative estimate of drug-likeness (QED) is 0.794. The highest BCUT2D eigenvalue weighted by Crippen LogP contribution is 2.22. The highest BCUT2D eigenvalue weighted by atomic mass is 35.5. The molecular weight excluding hydrogens is 347 g/mol. The van der Waals surface area contributed by atoms with Crippen LogP contribution in [0.2, 0.25) is 0 Å². The number of carbonyl (C=O) groups excluding carboxylic acids is 1. The van der Waals surface area contributed by atoms with E-state index in [1.807, 2.05) is 30.3 Å². The van der Waals surface area contributed by atoms with Crippen LogP contribution in [-0.2, 0) is 4.79 Å². The summed E-state index contributed by atoms with van der Waals surface area (Å²) in [7, 11) is 1.89. The summed E-state index contributed by atoms with van der Waals surface area (Å²) < 4.78 is 0. The minimum absolute atomic E-state index is 0. The minimum Gasteiger partial charge on any atom is -0.357 e. The topological polar surface area (TPSA) is 48.5 Å². The molecule has 1 aromatic heterocycles. The number of carbonyl (C=O) groups is 1. The van der Waals surface area contributed by atoms with Crippen molar-refractivity contribution in [3.05, 3.63) is 24.4 Å². The van der Waals surface area contributed by atoms with E-state index in [0.29, 0.717) is 12.3 Å². The van der Waals surface area contributed by atoms with E-state index >= 15 is 0 Å². The lowest BCUT2D eigenvalue weighted by Crippen LogP contribution is -2.41. The van der Waals surface area contributed by atoms with Gasteiger partial charge in [0.05, 0.1) is 0 Å². The van der Waals surface area contributed by atoms with Crippen LogP contribution in [0.25, 0.3) is 0 Å². The second kappa shape index (κ2) is 12.3. The highest BCUT2D eigenvalue weighted by Gasteiger charge is 2.23. The van der Waals surface area contributed by atoms with Crippen molar-refractivity contribution in [2.24, 2.45) is 5.92 Å². The molecule has 0 radical (unpaired) electrons. The van der Waals surface area contributed by atoms with Gasteiger partial charge in [-0.15, -0.1) is 24.8 Å². The van der Waals surface area contributed by atoms with Crippen LogP contribution < -0.4 is 10.2 Å². The molecule has 2 heterocycles. The first-order valence-electron chi connectivity index (χ1n) is 8.33. The first-order chi connectivity index (χ1) is 10.7. The number of rotatable bonds is 7. The first-order valence-corrected chi connectivity index (χ1v) is 8.33. The Bertz CT molecular complexity index is 453. The van der Waals surface area contributed by atoms with Gasteiger partial charge in [-0.2, -0.15) is 0 Å². The Labute approximate surface area is 158 Å².